The Labute approximate surface area is 64.0 Å². The Bertz CT molecular complexity index is 231. The maximum absolute atomic E-state index is 11.1. The van der Waals surface area contributed by atoms with Crippen LogP contribution in [0.1, 0.15) is 10.5 Å². The first kappa shape index (κ1) is 7.97. The van der Waals surface area contributed by atoms with Crippen molar-refractivity contribution >= 4 is 5.78 Å². The van der Waals surface area contributed by atoms with Crippen molar-refractivity contribution in [2.24, 2.45) is 5.73 Å². The van der Waals surface area contributed by atoms with E-state index in [1.807, 2.05) is 0 Å². The highest BCUT2D eigenvalue weighted by Crippen LogP contribution is 1.97. The fraction of sp³-hybridized carbons (Fsp3) is 0.286. The number of aromatic nitrogens is 1. The number of aliphatic hydroxyl groups excluding tert-OH is 1. The predicted molar refractivity (Wildman–Crippen MR) is 40.2 cm³/mol. The second-order valence-electron chi connectivity index (χ2n) is 2.24. The Morgan fingerprint density at radius 3 is 3.00 bits per heavy atom. The van der Waals surface area contributed by atoms with Crippen LogP contribution in [-0.4, -0.2) is 28.5 Å². The molecule has 4 nitrogen and oxygen atoms in total. The summed E-state index contributed by atoms with van der Waals surface area (Å²) in [6, 6.07) is 2.52. The van der Waals surface area contributed by atoms with Crippen molar-refractivity contribution in [2.75, 3.05) is 6.61 Å². The van der Waals surface area contributed by atoms with Gasteiger partial charge in [0.1, 0.15) is 0 Å². The minimum Gasteiger partial charge on any atom is -0.394 e. The monoisotopic (exact) mass is 154 g/mol. The fourth-order valence-corrected chi connectivity index (χ4v) is 0.766. The van der Waals surface area contributed by atoms with E-state index >= 15 is 0 Å². The van der Waals surface area contributed by atoms with E-state index in [1.54, 1.807) is 18.3 Å². The van der Waals surface area contributed by atoms with E-state index in [2.05, 4.69) is 4.98 Å². The van der Waals surface area contributed by atoms with Crippen LogP contribution in [0.25, 0.3) is 0 Å². The van der Waals surface area contributed by atoms with E-state index in [1.165, 1.54) is 0 Å². The van der Waals surface area contributed by atoms with Gasteiger partial charge in [-0.3, -0.25) is 4.79 Å². The molecule has 1 rings (SSSR count). The van der Waals surface area contributed by atoms with E-state index in [4.69, 9.17) is 10.8 Å². The average molecular weight is 154 g/mol. The lowest BCUT2D eigenvalue weighted by Gasteiger charge is -2.03. The summed E-state index contributed by atoms with van der Waals surface area (Å²) in [5.74, 6) is -0.266. The number of Topliss-reactive ketones (excluding diaryl/α,β-unsaturated/α-hetero) is 1. The largest absolute Gasteiger partial charge is 0.394 e. The molecule has 1 heterocycles. The van der Waals surface area contributed by atoms with Crippen LogP contribution in [0, 0.1) is 0 Å². The number of carbonyl (C=O) groups is 1. The summed E-state index contributed by atoms with van der Waals surface area (Å²) < 4.78 is 0. The zero-order valence-corrected chi connectivity index (χ0v) is 5.95. The molecular formula is C7H10N2O2. The number of carbonyl (C=O) groups excluding carboxylic acids is 1. The van der Waals surface area contributed by atoms with Crippen molar-refractivity contribution in [3.05, 3.63) is 24.0 Å². The molecule has 0 aliphatic heterocycles. The quantitative estimate of drug-likeness (QED) is 0.514. The molecule has 0 bridgehead atoms. The lowest BCUT2D eigenvalue weighted by molar-refractivity contribution is 0.0921. The normalized spacial score (nSPS) is 12.9. The number of ketones is 1. The zero-order chi connectivity index (χ0) is 8.27. The molecule has 0 spiro atoms. The van der Waals surface area contributed by atoms with Gasteiger partial charge < -0.3 is 15.8 Å². The summed E-state index contributed by atoms with van der Waals surface area (Å²) in [4.78, 5) is 13.8. The highest BCUT2D eigenvalue weighted by molar-refractivity contribution is 5.98. The van der Waals surface area contributed by atoms with E-state index in [-0.39, 0.29) is 12.4 Å². The van der Waals surface area contributed by atoms with Crippen LogP contribution < -0.4 is 5.73 Å². The first-order valence-corrected chi connectivity index (χ1v) is 3.29. The molecule has 0 saturated carbocycles. The summed E-state index contributed by atoms with van der Waals surface area (Å²) in [5, 5.41) is 8.54. The number of rotatable bonds is 3. The molecule has 0 saturated heterocycles. The third-order valence-electron chi connectivity index (χ3n) is 1.40. The minimum absolute atomic E-state index is 0.266. The van der Waals surface area contributed by atoms with Crippen LogP contribution in [0.3, 0.4) is 0 Å². The number of nitrogens with one attached hydrogen (secondary N) is 1. The number of nitrogens with two attached hydrogens (primary N) is 1. The Morgan fingerprint density at radius 1 is 1.82 bits per heavy atom. The Balaban J connectivity index is 2.70. The smallest absolute Gasteiger partial charge is 0.197 e. The second kappa shape index (κ2) is 3.32. The highest BCUT2D eigenvalue weighted by Gasteiger charge is 2.14. The third kappa shape index (κ3) is 1.66. The van der Waals surface area contributed by atoms with Crippen molar-refractivity contribution in [1.82, 2.24) is 4.98 Å². The molecule has 1 aromatic rings. The van der Waals surface area contributed by atoms with Crippen LogP contribution in [0.2, 0.25) is 0 Å². The maximum Gasteiger partial charge on any atom is 0.197 e. The van der Waals surface area contributed by atoms with Crippen LogP contribution in [0.15, 0.2) is 18.3 Å². The molecule has 1 unspecified atom stereocenters. The Morgan fingerprint density at radius 2 is 2.55 bits per heavy atom. The molecule has 4 N–H and O–H groups in total. The lowest BCUT2D eigenvalue weighted by atomic mass is 10.1. The van der Waals surface area contributed by atoms with Crippen molar-refractivity contribution in [3.8, 4) is 0 Å². The van der Waals surface area contributed by atoms with Gasteiger partial charge in [0.2, 0.25) is 0 Å². The molecular weight excluding hydrogens is 144 g/mol. The van der Waals surface area contributed by atoms with Crippen LogP contribution in [-0.2, 0) is 0 Å². The summed E-state index contributed by atoms with van der Waals surface area (Å²) in [7, 11) is 0. The van der Waals surface area contributed by atoms with Crippen LogP contribution >= 0.6 is 0 Å². The van der Waals surface area contributed by atoms with E-state index < -0.39 is 6.04 Å². The Kier molecular flexibility index (Phi) is 2.40. The molecule has 1 atom stereocenters. The standard InChI is InChI=1S/C7H10N2O2/c8-5(4-10)7(11)6-2-1-3-9-6/h1-3,5,9-10H,4,8H2. The Hall–Kier alpha value is -1.13. The van der Waals surface area contributed by atoms with Gasteiger partial charge in [-0.2, -0.15) is 0 Å². The maximum atomic E-state index is 11.1. The summed E-state index contributed by atoms with van der Waals surface area (Å²) >= 11 is 0. The molecule has 11 heavy (non-hydrogen) atoms. The summed E-state index contributed by atoms with van der Waals surface area (Å²) in [6.45, 7) is -0.322. The number of H-pyrrole nitrogens is 1. The van der Waals surface area contributed by atoms with Crippen molar-refractivity contribution in [2.45, 2.75) is 6.04 Å². The lowest BCUT2D eigenvalue weighted by Crippen LogP contribution is -2.34. The molecule has 4 heteroatoms. The fourth-order valence-electron chi connectivity index (χ4n) is 0.766. The SMILES string of the molecule is NC(CO)C(=O)c1ccc[nH]1. The molecule has 0 aliphatic carbocycles. The molecule has 0 aromatic carbocycles. The van der Waals surface area contributed by atoms with Gasteiger partial charge in [-0.1, -0.05) is 0 Å². The summed E-state index contributed by atoms with van der Waals surface area (Å²) in [6.07, 6.45) is 1.64. The van der Waals surface area contributed by atoms with Gasteiger partial charge in [-0.15, -0.1) is 0 Å². The topological polar surface area (TPSA) is 79.1 Å². The van der Waals surface area contributed by atoms with Gasteiger partial charge in [0, 0.05) is 6.20 Å². The zero-order valence-electron chi connectivity index (χ0n) is 5.95. The number of aliphatic hydroxyl groups is 1. The highest BCUT2D eigenvalue weighted by atomic mass is 16.3. The second-order valence-corrected chi connectivity index (χ2v) is 2.24. The molecule has 0 aliphatic rings. The van der Waals surface area contributed by atoms with Crippen LogP contribution in [0.5, 0.6) is 0 Å². The molecule has 0 radical (unpaired) electrons. The van der Waals surface area contributed by atoms with Gasteiger partial charge >= 0.3 is 0 Å². The average Bonchev–Trinajstić information content (AvgIpc) is 2.53. The van der Waals surface area contributed by atoms with E-state index in [0.717, 1.165) is 0 Å². The third-order valence-corrected chi connectivity index (χ3v) is 1.40. The minimum atomic E-state index is -0.811. The number of hydrogen-bond donors (Lipinski definition) is 3. The molecule has 60 valence electrons. The van der Waals surface area contributed by atoms with Crippen molar-refractivity contribution in [1.29, 1.82) is 0 Å². The molecule has 0 amide bonds. The van der Waals surface area contributed by atoms with Crippen molar-refractivity contribution in [3.63, 3.8) is 0 Å². The first-order chi connectivity index (χ1) is 5.25. The summed E-state index contributed by atoms with van der Waals surface area (Å²) in [5.41, 5.74) is 5.72. The molecule has 0 fully saturated rings. The number of aromatic amines is 1. The van der Waals surface area contributed by atoms with Gasteiger partial charge in [-0.05, 0) is 12.1 Å². The van der Waals surface area contributed by atoms with E-state index in [9.17, 15) is 4.79 Å². The van der Waals surface area contributed by atoms with Gasteiger partial charge in [0.25, 0.3) is 0 Å². The molecule has 1 aromatic heterocycles. The van der Waals surface area contributed by atoms with Crippen LogP contribution in [0.4, 0.5) is 0 Å². The first-order valence-electron chi connectivity index (χ1n) is 3.29. The van der Waals surface area contributed by atoms with Gasteiger partial charge in [0.15, 0.2) is 5.78 Å². The number of hydrogen-bond acceptors (Lipinski definition) is 3. The van der Waals surface area contributed by atoms with Crippen molar-refractivity contribution < 1.29 is 9.90 Å². The van der Waals surface area contributed by atoms with Gasteiger partial charge in [0.05, 0.1) is 18.3 Å². The van der Waals surface area contributed by atoms with E-state index in [0.29, 0.717) is 5.69 Å². The predicted octanol–water partition coefficient (Wildman–Crippen LogP) is -0.483. The van der Waals surface area contributed by atoms with Gasteiger partial charge in [-0.25, -0.2) is 0 Å².